The maximum atomic E-state index is 12.8. The smallest absolute Gasteiger partial charge is 0.425 e. The van der Waals surface area contributed by atoms with Crippen LogP contribution in [0.25, 0.3) is 0 Å². The molecular formula is C21H30F3N5O4. The van der Waals surface area contributed by atoms with E-state index in [0.717, 1.165) is 6.92 Å². The van der Waals surface area contributed by atoms with Crippen LogP contribution in [0.2, 0.25) is 0 Å². The van der Waals surface area contributed by atoms with E-state index in [4.69, 9.17) is 0 Å². The Kier molecular flexibility index (Phi) is 6.94. The van der Waals surface area contributed by atoms with E-state index in [1.807, 2.05) is 25.3 Å². The van der Waals surface area contributed by atoms with Crippen molar-refractivity contribution >= 4 is 17.9 Å². The van der Waals surface area contributed by atoms with Crippen molar-refractivity contribution in [3.63, 3.8) is 0 Å². The van der Waals surface area contributed by atoms with Crippen molar-refractivity contribution in [2.24, 2.45) is 5.92 Å². The Morgan fingerprint density at radius 2 is 1.73 bits per heavy atom. The summed E-state index contributed by atoms with van der Waals surface area (Å²) in [5, 5.41) is 2.94. The molecule has 3 rings (SSSR count). The van der Waals surface area contributed by atoms with Gasteiger partial charge in [0, 0.05) is 43.8 Å². The van der Waals surface area contributed by atoms with Crippen LogP contribution in [0.15, 0.2) is 6.20 Å². The van der Waals surface area contributed by atoms with Crippen LogP contribution in [-0.4, -0.2) is 74.7 Å². The van der Waals surface area contributed by atoms with Gasteiger partial charge in [-0.25, -0.2) is 9.78 Å². The molecule has 0 saturated carbocycles. The van der Waals surface area contributed by atoms with Gasteiger partial charge in [-0.3, -0.25) is 9.59 Å². The number of rotatable bonds is 4. The Balaban J connectivity index is 1.56. The molecule has 1 saturated heterocycles. The summed E-state index contributed by atoms with van der Waals surface area (Å²) in [5.74, 6) is 0.191. The molecule has 0 aliphatic carbocycles. The molecule has 1 unspecified atom stereocenters. The number of halogens is 3. The average Bonchev–Trinajstić information content (AvgIpc) is 3.16. The molecule has 12 heteroatoms. The van der Waals surface area contributed by atoms with Gasteiger partial charge in [-0.1, -0.05) is 13.8 Å². The largest absolute Gasteiger partial charge is 0.437 e. The van der Waals surface area contributed by atoms with E-state index in [-0.39, 0.29) is 36.5 Å². The van der Waals surface area contributed by atoms with Crippen molar-refractivity contribution in [1.29, 1.82) is 0 Å². The highest BCUT2D eigenvalue weighted by molar-refractivity contribution is 5.92. The third kappa shape index (κ3) is 5.77. The molecule has 3 amide bonds. The molecule has 0 radical (unpaired) electrons. The summed E-state index contributed by atoms with van der Waals surface area (Å²) in [7, 11) is 0. The molecule has 1 aromatic heterocycles. The minimum atomic E-state index is -4.61. The molecule has 1 atom stereocenters. The van der Waals surface area contributed by atoms with Gasteiger partial charge in [0.2, 0.25) is 5.91 Å². The Labute approximate surface area is 190 Å². The van der Waals surface area contributed by atoms with E-state index in [1.165, 1.54) is 4.90 Å². The monoisotopic (exact) mass is 473 g/mol. The van der Waals surface area contributed by atoms with Crippen LogP contribution in [0, 0.1) is 5.92 Å². The maximum absolute atomic E-state index is 12.8. The predicted molar refractivity (Wildman–Crippen MR) is 111 cm³/mol. The van der Waals surface area contributed by atoms with Crippen molar-refractivity contribution in [3.05, 3.63) is 17.7 Å². The number of carbonyl (C=O) groups is 3. The quantitative estimate of drug-likeness (QED) is 0.725. The summed E-state index contributed by atoms with van der Waals surface area (Å²) >= 11 is 0. The lowest BCUT2D eigenvalue weighted by atomic mass is 9.89. The zero-order valence-corrected chi connectivity index (χ0v) is 19.2. The van der Waals surface area contributed by atoms with E-state index in [0.29, 0.717) is 38.3 Å². The summed E-state index contributed by atoms with van der Waals surface area (Å²) in [6, 6.07) is 0. The van der Waals surface area contributed by atoms with Crippen molar-refractivity contribution in [3.8, 4) is 0 Å². The zero-order valence-electron chi connectivity index (χ0n) is 19.2. The summed E-state index contributed by atoms with van der Waals surface area (Å²) in [5.41, 5.74) is -0.404. The minimum absolute atomic E-state index is 0.0395. The zero-order chi connectivity index (χ0) is 24.6. The van der Waals surface area contributed by atoms with Crippen molar-refractivity contribution in [2.75, 3.05) is 19.6 Å². The third-order valence-corrected chi connectivity index (χ3v) is 6.12. The molecular weight excluding hydrogens is 443 g/mol. The number of piperidine rings is 1. The SMILES string of the molecule is CC(C)C(=O)N1CCn2cc(C(=O)NC3(C)CCN(C(=O)OC(C)C(F)(F)F)CC3)nc2C1. The fraction of sp³-hybridized carbons (Fsp3) is 0.714. The molecule has 33 heavy (non-hydrogen) atoms. The van der Waals surface area contributed by atoms with Crippen LogP contribution in [0.5, 0.6) is 0 Å². The number of fused-ring (bicyclic) bond motifs is 1. The van der Waals surface area contributed by atoms with E-state index in [1.54, 1.807) is 11.1 Å². The van der Waals surface area contributed by atoms with Crippen LogP contribution in [0.4, 0.5) is 18.0 Å². The number of aromatic nitrogens is 2. The molecule has 3 heterocycles. The second-order valence-corrected chi connectivity index (χ2v) is 9.22. The van der Waals surface area contributed by atoms with E-state index in [2.05, 4.69) is 15.0 Å². The summed E-state index contributed by atoms with van der Waals surface area (Å²) in [6.45, 7) is 8.05. The molecule has 0 aromatic carbocycles. The van der Waals surface area contributed by atoms with Crippen LogP contribution < -0.4 is 5.32 Å². The molecule has 2 aliphatic heterocycles. The van der Waals surface area contributed by atoms with Gasteiger partial charge in [-0.2, -0.15) is 13.2 Å². The van der Waals surface area contributed by atoms with Crippen LogP contribution >= 0.6 is 0 Å². The Morgan fingerprint density at radius 3 is 2.30 bits per heavy atom. The highest BCUT2D eigenvalue weighted by atomic mass is 19.4. The van der Waals surface area contributed by atoms with E-state index in [9.17, 15) is 27.6 Å². The number of carbonyl (C=O) groups excluding carboxylic acids is 3. The number of amides is 3. The average molecular weight is 473 g/mol. The number of imidazole rings is 1. The second-order valence-electron chi connectivity index (χ2n) is 9.22. The Bertz CT molecular complexity index is 906. The third-order valence-electron chi connectivity index (χ3n) is 6.12. The van der Waals surface area contributed by atoms with Gasteiger partial charge in [-0.15, -0.1) is 0 Å². The molecule has 9 nitrogen and oxygen atoms in total. The first-order valence-corrected chi connectivity index (χ1v) is 11.0. The Morgan fingerprint density at radius 1 is 1.09 bits per heavy atom. The van der Waals surface area contributed by atoms with Gasteiger partial charge in [-0.05, 0) is 26.7 Å². The highest BCUT2D eigenvalue weighted by Gasteiger charge is 2.41. The molecule has 1 aromatic rings. The van der Waals surface area contributed by atoms with E-state index < -0.39 is 23.9 Å². The lowest BCUT2D eigenvalue weighted by Crippen LogP contribution is -2.54. The highest BCUT2D eigenvalue weighted by Crippen LogP contribution is 2.26. The fourth-order valence-corrected chi connectivity index (χ4v) is 3.85. The van der Waals surface area contributed by atoms with Gasteiger partial charge < -0.3 is 24.4 Å². The van der Waals surface area contributed by atoms with Gasteiger partial charge in [0.15, 0.2) is 6.10 Å². The molecule has 1 fully saturated rings. The topological polar surface area (TPSA) is 96.8 Å². The van der Waals surface area contributed by atoms with Crippen LogP contribution in [-0.2, 0) is 22.6 Å². The lowest BCUT2D eigenvalue weighted by molar-refractivity contribution is -0.200. The summed E-state index contributed by atoms with van der Waals surface area (Å²) < 4.78 is 44.2. The molecule has 0 spiro atoms. The number of alkyl halides is 3. The van der Waals surface area contributed by atoms with Crippen molar-refractivity contribution < 1.29 is 32.3 Å². The summed E-state index contributed by atoms with van der Waals surface area (Å²) in [4.78, 5) is 44.4. The first-order chi connectivity index (χ1) is 15.3. The number of nitrogens with zero attached hydrogens (tertiary/aromatic N) is 4. The minimum Gasteiger partial charge on any atom is -0.437 e. The van der Waals surface area contributed by atoms with Crippen molar-refractivity contribution in [2.45, 2.75) is 71.4 Å². The molecule has 1 N–H and O–H groups in total. The van der Waals surface area contributed by atoms with Gasteiger partial charge in [0.05, 0.1) is 6.54 Å². The fourth-order valence-electron chi connectivity index (χ4n) is 3.85. The van der Waals surface area contributed by atoms with Gasteiger partial charge in [0.1, 0.15) is 11.5 Å². The number of hydrogen-bond acceptors (Lipinski definition) is 5. The van der Waals surface area contributed by atoms with Crippen LogP contribution in [0.1, 0.15) is 56.8 Å². The lowest BCUT2D eigenvalue weighted by Gasteiger charge is -2.39. The van der Waals surface area contributed by atoms with Gasteiger partial charge in [0.25, 0.3) is 5.91 Å². The number of ether oxygens (including phenoxy) is 1. The maximum Gasteiger partial charge on any atom is 0.425 e. The van der Waals surface area contributed by atoms with E-state index >= 15 is 0 Å². The Hall–Kier alpha value is -2.79. The molecule has 184 valence electrons. The van der Waals surface area contributed by atoms with Crippen molar-refractivity contribution in [1.82, 2.24) is 24.7 Å². The normalized spacial score (nSPS) is 19.2. The first-order valence-electron chi connectivity index (χ1n) is 11.0. The standard InChI is InChI=1S/C21H30F3N5O4/c1-13(2)18(31)29-10-9-28-11-15(25-16(28)12-29)17(30)26-20(4)5-7-27(8-6-20)19(32)33-14(3)21(22,23)24/h11,13-14H,5-10,12H2,1-4H3,(H,26,30). The van der Waals surface area contributed by atoms with Crippen LogP contribution in [0.3, 0.4) is 0 Å². The summed E-state index contributed by atoms with van der Waals surface area (Å²) in [6.07, 6.45) is -5.43. The number of nitrogens with one attached hydrogen (secondary N) is 1. The number of likely N-dealkylation sites (tertiary alicyclic amines) is 1. The number of hydrogen-bond donors (Lipinski definition) is 1. The molecule has 2 aliphatic rings. The second kappa shape index (κ2) is 9.22. The van der Waals surface area contributed by atoms with Gasteiger partial charge >= 0.3 is 12.3 Å². The predicted octanol–water partition coefficient (Wildman–Crippen LogP) is 2.55. The first kappa shape index (κ1) is 24.8. The molecule has 0 bridgehead atoms.